The first-order valence-electron chi connectivity index (χ1n) is 9.85. The van der Waals surface area contributed by atoms with E-state index in [9.17, 15) is 9.59 Å². The van der Waals surface area contributed by atoms with E-state index in [4.69, 9.17) is 0 Å². The summed E-state index contributed by atoms with van der Waals surface area (Å²) in [6.07, 6.45) is 4.18. The smallest absolute Gasteiger partial charge is 0.272 e. The zero-order chi connectivity index (χ0) is 19.7. The minimum absolute atomic E-state index is 0.00622. The molecule has 1 saturated heterocycles. The summed E-state index contributed by atoms with van der Waals surface area (Å²) in [5.74, 6) is 1.61. The predicted molar refractivity (Wildman–Crippen MR) is 113 cm³/mol. The number of hydrogen-bond donors (Lipinski definition) is 0. The molecule has 150 valence electrons. The standard InChI is InChI=1S/C19H25N5O2S2/c1-3-4-9-23-17(26)16-14(7-10-27-16)24-18(23)20-21-19(24)28-12-15(25)22-8-5-6-13(2)11-22/h7,10,13H,3-6,8-9,11-12H2,1-2H3/t13-/m0/s1. The number of amides is 1. The minimum atomic E-state index is -0.00622. The normalized spacial score (nSPS) is 17.6. The number of aryl methyl sites for hydroxylation is 1. The number of carbonyl (C=O) groups is 1. The molecule has 0 radical (unpaired) electrons. The van der Waals surface area contributed by atoms with Gasteiger partial charge in [0.25, 0.3) is 5.56 Å². The molecule has 0 aromatic carbocycles. The Labute approximate surface area is 171 Å². The number of aromatic nitrogens is 4. The van der Waals surface area contributed by atoms with E-state index in [-0.39, 0.29) is 11.5 Å². The molecule has 0 unspecified atom stereocenters. The molecule has 7 nitrogen and oxygen atoms in total. The molecule has 0 N–H and O–H groups in total. The lowest BCUT2D eigenvalue weighted by molar-refractivity contribution is -0.130. The highest BCUT2D eigenvalue weighted by Gasteiger charge is 2.23. The van der Waals surface area contributed by atoms with Crippen LogP contribution in [0.4, 0.5) is 0 Å². The van der Waals surface area contributed by atoms with Crippen LogP contribution in [0.1, 0.15) is 39.5 Å². The maximum atomic E-state index is 12.8. The summed E-state index contributed by atoms with van der Waals surface area (Å²) in [6, 6.07) is 1.93. The van der Waals surface area contributed by atoms with Crippen molar-refractivity contribution in [2.75, 3.05) is 18.8 Å². The van der Waals surface area contributed by atoms with Crippen LogP contribution in [0, 0.1) is 5.92 Å². The molecule has 0 spiro atoms. The first kappa shape index (κ1) is 19.4. The molecular formula is C19H25N5O2S2. The topological polar surface area (TPSA) is 72.5 Å². The number of fused-ring (bicyclic) bond motifs is 3. The Bertz CT molecular complexity index is 1050. The second-order valence-corrected chi connectivity index (χ2v) is 9.30. The van der Waals surface area contributed by atoms with Crippen LogP contribution in [-0.2, 0) is 11.3 Å². The highest BCUT2D eigenvalue weighted by Crippen LogP contribution is 2.25. The second kappa shape index (κ2) is 8.24. The van der Waals surface area contributed by atoms with Crippen LogP contribution in [0.3, 0.4) is 0 Å². The van der Waals surface area contributed by atoms with Crippen molar-refractivity contribution >= 4 is 45.0 Å². The Kier molecular flexibility index (Phi) is 5.73. The molecule has 1 fully saturated rings. The number of thiophene rings is 1. The van der Waals surface area contributed by atoms with Gasteiger partial charge >= 0.3 is 0 Å². The van der Waals surface area contributed by atoms with Crippen molar-refractivity contribution in [1.82, 2.24) is 24.1 Å². The number of piperidine rings is 1. The van der Waals surface area contributed by atoms with Gasteiger partial charge in [-0.2, -0.15) is 0 Å². The Morgan fingerprint density at radius 1 is 1.39 bits per heavy atom. The molecule has 4 heterocycles. The maximum Gasteiger partial charge on any atom is 0.272 e. The van der Waals surface area contributed by atoms with Gasteiger partial charge in [-0.05, 0) is 36.6 Å². The number of rotatable bonds is 6. The molecule has 1 atom stereocenters. The zero-order valence-electron chi connectivity index (χ0n) is 16.3. The van der Waals surface area contributed by atoms with E-state index >= 15 is 0 Å². The molecule has 3 aromatic rings. The average Bonchev–Trinajstić information content (AvgIpc) is 3.33. The Balaban J connectivity index is 1.64. The summed E-state index contributed by atoms with van der Waals surface area (Å²) >= 11 is 2.85. The van der Waals surface area contributed by atoms with Crippen molar-refractivity contribution in [3.05, 3.63) is 21.8 Å². The number of unbranched alkanes of at least 4 members (excludes halogenated alkanes) is 1. The van der Waals surface area contributed by atoms with Crippen LogP contribution in [0.2, 0.25) is 0 Å². The Morgan fingerprint density at radius 3 is 3.04 bits per heavy atom. The molecule has 4 rings (SSSR count). The minimum Gasteiger partial charge on any atom is -0.342 e. The van der Waals surface area contributed by atoms with Crippen molar-refractivity contribution < 1.29 is 4.79 Å². The fraction of sp³-hybridized carbons (Fsp3) is 0.579. The lowest BCUT2D eigenvalue weighted by Crippen LogP contribution is -2.40. The van der Waals surface area contributed by atoms with Crippen molar-refractivity contribution in [3.8, 4) is 0 Å². The van der Waals surface area contributed by atoms with E-state index in [2.05, 4.69) is 24.0 Å². The van der Waals surface area contributed by atoms with Gasteiger partial charge in [-0.15, -0.1) is 21.5 Å². The fourth-order valence-electron chi connectivity index (χ4n) is 3.74. The summed E-state index contributed by atoms with van der Waals surface area (Å²) in [5, 5.41) is 11.2. The van der Waals surface area contributed by atoms with E-state index in [0.29, 0.717) is 33.8 Å². The third-order valence-electron chi connectivity index (χ3n) is 5.25. The Hall–Kier alpha value is -1.87. The van der Waals surface area contributed by atoms with E-state index in [1.165, 1.54) is 29.5 Å². The number of likely N-dealkylation sites (tertiary alicyclic amines) is 1. The molecular weight excluding hydrogens is 394 g/mol. The number of nitrogens with zero attached hydrogens (tertiary/aromatic N) is 5. The van der Waals surface area contributed by atoms with Gasteiger partial charge in [0.1, 0.15) is 4.70 Å². The lowest BCUT2D eigenvalue weighted by Gasteiger charge is -2.30. The van der Waals surface area contributed by atoms with Crippen molar-refractivity contribution in [2.24, 2.45) is 5.92 Å². The lowest BCUT2D eigenvalue weighted by atomic mass is 10.0. The average molecular weight is 420 g/mol. The highest BCUT2D eigenvalue weighted by atomic mass is 32.2. The van der Waals surface area contributed by atoms with E-state index in [1.54, 1.807) is 4.57 Å². The van der Waals surface area contributed by atoms with Crippen LogP contribution in [0.25, 0.3) is 16.0 Å². The van der Waals surface area contributed by atoms with Crippen LogP contribution in [-0.4, -0.2) is 48.8 Å². The van der Waals surface area contributed by atoms with Gasteiger partial charge in [0.15, 0.2) is 5.16 Å². The van der Waals surface area contributed by atoms with Gasteiger partial charge < -0.3 is 4.90 Å². The van der Waals surface area contributed by atoms with E-state index in [1.807, 2.05) is 20.7 Å². The summed E-state index contributed by atoms with van der Waals surface area (Å²) in [6.45, 7) is 6.60. The van der Waals surface area contributed by atoms with Crippen LogP contribution in [0.5, 0.6) is 0 Å². The molecule has 1 aliphatic rings. The molecule has 0 aliphatic carbocycles. The van der Waals surface area contributed by atoms with Crippen LogP contribution < -0.4 is 5.56 Å². The summed E-state index contributed by atoms with van der Waals surface area (Å²) < 4.78 is 4.36. The van der Waals surface area contributed by atoms with Crippen molar-refractivity contribution in [3.63, 3.8) is 0 Å². The van der Waals surface area contributed by atoms with Gasteiger partial charge in [-0.1, -0.05) is 32.0 Å². The zero-order valence-corrected chi connectivity index (χ0v) is 17.9. The molecule has 28 heavy (non-hydrogen) atoms. The maximum absolute atomic E-state index is 12.8. The quantitative estimate of drug-likeness (QED) is 0.574. The van der Waals surface area contributed by atoms with Crippen LogP contribution >= 0.6 is 23.1 Å². The number of carbonyl (C=O) groups excluding carboxylic acids is 1. The van der Waals surface area contributed by atoms with Crippen molar-refractivity contribution in [1.29, 1.82) is 0 Å². The number of thioether (sulfide) groups is 1. The first-order valence-corrected chi connectivity index (χ1v) is 11.7. The van der Waals surface area contributed by atoms with Gasteiger partial charge in [0.05, 0.1) is 11.3 Å². The van der Waals surface area contributed by atoms with Gasteiger partial charge in [0.2, 0.25) is 11.7 Å². The molecule has 0 bridgehead atoms. The molecule has 1 aliphatic heterocycles. The summed E-state index contributed by atoms with van der Waals surface area (Å²) in [4.78, 5) is 27.5. The first-order chi connectivity index (χ1) is 13.6. The SMILES string of the molecule is CCCCn1c(=O)c2sccc2n2c(SCC(=O)N3CCC[C@H](C)C3)nnc12. The van der Waals surface area contributed by atoms with Gasteiger partial charge in [-0.25, -0.2) is 0 Å². The van der Waals surface area contributed by atoms with Gasteiger partial charge in [-0.3, -0.25) is 18.6 Å². The monoisotopic (exact) mass is 419 g/mol. The summed E-state index contributed by atoms with van der Waals surface area (Å²) in [5.41, 5.74) is 0.817. The third-order valence-corrected chi connectivity index (χ3v) is 7.06. The van der Waals surface area contributed by atoms with E-state index < -0.39 is 0 Å². The highest BCUT2D eigenvalue weighted by molar-refractivity contribution is 7.99. The summed E-state index contributed by atoms with van der Waals surface area (Å²) in [7, 11) is 0. The predicted octanol–water partition coefficient (Wildman–Crippen LogP) is 3.26. The fourth-order valence-corrected chi connectivity index (χ4v) is 5.41. The van der Waals surface area contributed by atoms with Crippen LogP contribution in [0.15, 0.2) is 21.4 Å². The molecule has 3 aromatic heterocycles. The van der Waals surface area contributed by atoms with Crippen molar-refractivity contribution in [2.45, 2.75) is 51.2 Å². The largest absolute Gasteiger partial charge is 0.342 e. The molecule has 0 saturated carbocycles. The second-order valence-electron chi connectivity index (χ2n) is 7.44. The molecule has 1 amide bonds. The Morgan fingerprint density at radius 2 is 2.25 bits per heavy atom. The third kappa shape index (κ3) is 3.57. The van der Waals surface area contributed by atoms with Gasteiger partial charge in [0, 0.05) is 19.6 Å². The van der Waals surface area contributed by atoms with E-state index in [0.717, 1.165) is 37.9 Å². The number of hydrogen-bond acceptors (Lipinski definition) is 6. The molecule has 9 heteroatoms.